The number of hydrogen-bond donors (Lipinski definition) is 1. The van der Waals surface area contributed by atoms with Gasteiger partial charge in [-0.1, -0.05) is 23.2 Å². The molecule has 2 aromatic rings. The predicted molar refractivity (Wildman–Crippen MR) is 69.3 cm³/mol. The third-order valence-electron chi connectivity index (χ3n) is 2.05. The predicted octanol–water partition coefficient (Wildman–Crippen LogP) is 2.72. The average molecular weight is 322 g/mol. The Morgan fingerprint density at radius 1 is 1.21 bits per heavy atom. The maximum atomic E-state index is 13.0. The molecule has 0 spiro atoms. The van der Waals surface area contributed by atoms with Crippen LogP contribution in [-0.2, 0) is 10.0 Å². The standard InChI is InChI=1S/C10H6Cl2FN3O2S/c11-7-5-6(1-2-8(7)13)19(17,18)16-10-14-4-3-9(12)15-10/h1-5H,(H,14,15,16). The normalized spacial score (nSPS) is 11.3. The van der Waals surface area contributed by atoms with Crippen LogP contribution in [0.4, 0.5) is 10.3 Å². The van der Waals surface area contributed by atoms with Crippen molar-refractivity contribution in [1.82, 2.24) is 9.97 Å². The van der Waals surface area contributed by atoms with Crippen LogP contribution in [0.1, 0.15) is 0 Å². The van der Waals surface area contributed by atoms with Gasteiger partial charge in [0.1, 0.15) is 11.0 Å². The van der Waals surface area contributed by atoms with E-state index in [-0.39, 0.29) is 21.0 Å². The van der Waals surface area contributed by atoms with Crippen LogP contribution in [0.5, 0.6) is 0 Å². The number of rotatable bonds is 3. The number of nitrogens with one attached hydrogen (secondary N) is 1. The Balaban J connectivity index is 2.35. The van der Waals surface area contributed by atoms with Crippen LogP contribution in [0.25, 0.3) is 0 Å². The molecule has 0 bridgehead atoms. The lowest BCUT2D eigenvalue weighted by atomic mass is 10.3. The maximum absolute atomic E-state index is 13.0. The molecule has 0 amide bonds. The number of anilines is 1. The summed E-state index contributed by atoms with van der Waals surface area (Å²) in [5.41, 5.74) is 0. The van der Waals surface area contributed by atoms with Crippen LogP contribution in [0, 0.1) is 5.82 Å². The van der Waals surface area contributed by atoms with Crippen molar-refractivity contribution in [3.63, 3.8) is 0 Å². The van der Waals surface area contributed by atoms with E-state index in [1.54, 1.807) is 0 Å². The fourth-order valence-corrected chi connectivity index (χ4v) is 2.57. The summed E-state index contributed by atoms with van der Waals surface area (Å²) in [4.78, 5) is 7.17. The fraction of sp³-hybridized carbons (Fsp3) is 0. The molecule has 19 heavy (non-hydrogen) atoms. The van der Waals surface area contributed by atoms with E-state index >= 15 is 0 Å². The topological polar surface area (TPSA) is 72.0 Å². The number of nitrogens with zero attached hydrogens (tertiary/aromatic N) is 2. The van der Waals surface area contributed by atoms with Crippen molar-refractivity contribution in [1.29, 1.82) is 0 Å². The van der Waals surface area contributed by atoms with E-state index in [0.717, 1.165) is 18.2 Å². The minimum absolute atomic E-state index is 0.0878. The maximum Gasteiger partial charge on any atom is 0.264 e. The van der Waals surface area contributed by atoms with Crippen LogP contribution in [0.15, 0.2) is 35.4 Å². The SMILES string of the molecule is O=S(=O)(Nc1nccc(Cl)n1)c1ccc(F)c(Cl)c1. The van der Waals surface area contributed by atoms with Gasteiger partial charge in [-0.3, -0.25) is 0 Å². The molecule has 0 atom stereocenters. The molecule has 0 saturated heterocycles. The molecule has 0 saturated carbocycles. The summed E-state index contributed by atoms with van der Waals surface area (Å²) in [6, 6.07) is 4.42. The summed E-state index contributed by atoms with van der Waals surface area (Å²) in [6.45, 7) is 0. The molecule has 0 aliphatic heterocycles. The summed E-state index contributed by atoms with van der Waals surface area (Å²) in [7, 11) is -3.95. The zero-order valence-electron chi connectivity index (χ0n) is 9.14. The summed E-state index contributed by atoms with van der Waals surface area (Å²) < 4.78 is 39.0. The quantitative estimate of drug-likeness (QED) is 0.882. The molecule has 0 unspecified atom stereocenters. The van der Waals surface area contributed by atoms with Crippen molar-refractivity contribution in [3.8, 4) is 0 Å². The number of benzene rings is 1. The van der Waals surface area contributed by atoms with Gasteiger partial charge in [0.05, 0.1) is 9.92 Å². The highest BCUT2D eigenvalue weighted by atomic mass is 35.5. The highest BCUT2D eigenvalue weighted by Crippen LogP contribution is 2.21. The lowest BCUT2D eigenvalue weighted by Crippen LogP contribution is -2.15. The van der Waals surface area contributed by atoms with Gasteiger partial charge in [-0.05, 0) is 24.3 Å². The van der Waals surface area contributed by atoms with Gasteiger partial charge >= 0.3 is 0 Å². The monoisotopic (exact) mass is 321 g/mol. The first-order chi connectivity index (χ1) is 8.88. The van der Waals surface area contributed by atoms with E-state index in [9.17, 15) is 12.8 Å². The summed E-state index contributed by atoms with van der Waals surface area (Å²) in [6.07, 6.45) is 1.30. The molecule has 0 aliphatic rings. The van der Waals surface area contributed by atoms with Gasteiger partial charge in [0, 0.05) is 6.20 Å². The Kier molecular flexibility index (Phi) is 3.88. The van der Waals surface area contributed by atoms with Gasteiger partial charge in [0.2, 0.25) is 5.95 Å². The Morgan fingerprint density at radius 3 is 2.58 bits per heavy atom. The van der Waals surface area contributed by atoms with E-state index in [1.807, 2.05) is 0 Å². The van der Waals surface area contributed by atoms with E-state index in [1.165, 1.54) is 12.3 Å². The Hall–Kier alpha value is -1.44. The van der Waals surface area contributed by atoms with Gasteiger partial charge in [-0.25, -0.2) is 27.5 Å². The number of sulfonamides is 1. The molecule has 1 aromatic heterocycles. The van der Waals surface area contributed by atoms with Crippen LogP contribution < -0.4 is 4.72 Å². The first-order valence-corrected chi connectivity index (χ1v) is 7.09. The van der Waals surface area contributed by atoms with E-state index in [4.69, 9.17) is 23.2 Å². The Bertz CT molecular complexity index is 724. The van der Waals surface area contributed by atoms with Gasteiger partial charge in [0.25, 0.3) is 10.0 Å². The molecule has 2 rings (SSSR count). The smallest absolute Gasteiger partial charge is 0.247 e. The zero-order valence-corrected chi connectivity index (χ0v) is 11.5. The second kappa shape index (κ2) is 5.28. The third-order valence-corrected chi connectivity index (χ3v) is 3.87. The Labute approximate surface area is 118 Å². The van der Waals surface area contributed by atoms with Crippen molar-refractivity contribution in [3.05, 3.63) is 46.5 Å². The van der Waals surface area contributed by atoms with Crippen molar-refractivity contribution in [2.45, 2.75) is 4.90 Å². The lowest BCUT2D eigenvalue weighted by Gasteiger charge is -2.07. The first kappa shape index (κ1) is 14.0. The highest BCUT2D eigenvalue weighted by molar-refractivity contribution is 7.92. The van der Waals surface area contributed by atoms with Crippen molar-refractivity contribution < 1.29 is 12.8 Å². The largest absolute Gasteiger partial charge is 0.264 e. The number of aromatic nitrogens is 2. The molecule has 100 valence electrons. The van der Waals surface area contributed by atoms with Crippen LogP contribution in [0.3, 0.4) is 0 Å². The lowest BCUT2D eigenvalue weighted by molar-refractivity contribution is 0.599. The summed E-state index contributed by atoms with van der Waals surface area (Å²) >= 11 is 11.1. The van der Waals surface area contributed by atoms with Crippen LogP contribution in [0.2, 0.25) is 10.2 Å². The van der Waals surface area contributed by atoms with Crippen LogP contribution in [-0.4, -0.2) is 18.4 Å². The van der Waals surface area contributed by atoms with Crippen molar-refractivity contribution in [2.75, 3.05) is 4.72 Å². The molecule has 1 heterocycles. The van der Waals surface area contributed by atoms with Gasteiger partial charge in [-0.2, -0.15) is 0 Å². The zero-order chi connectivity index (χ0) is 14.0. The Morgan fingerprint density at radius 2 is 1.95 bits per heavy atom. The molecule has 5 nitrogen and oxygen atoms in total. The van der Waals surface area contributed by atoms with Crippen molar-refractivity contribution >= 4 is 39.2 Å². The molecule has 0 radical (unpaired) electrons. The van der Waals surface area contributed by atoms with Gasteiger partial charge in [-0.15, -0.1) is 0 Å². The minimum Gasteiger partial charge on any atom is -0.247 e. The minimum atomic E-state index is -3.95. The molecule has 0 fully saturated rings. The average Bonchev–Trinajstić information content (AvgIpc) is 2.32. The van der Waals surface area contributed by atoms with E-state index in [2.05, 4.69) is 14.7 Å². The first-order valence-electron chi connectivity index (χ1n) is 4.85. The number of halogens is 3. The van der Waals surface area contributed by atoms with Gasteiger partial charge in [0.15, 0.2) is 0 Å². The molecule has 1 aromatic carbocycles. The third kappa shape index (κ3) is 3.31. The molecular formula is C10H6Cl2FN3O2S. The summed E-state index contributed by atoms with van der Waals surface area (Å²) in [5, 5.41) is -0.209. The molecular weight excluding hydrogens is 316 g/mol. The van der Waals surface area contributed by atoms with E-state index in [0.29, 0.717) is 0 Å². The second-order valence-corrected chi connectivity index (χ2v) is 5.86. The molecule has 9 heteroatoms. The van der Waals surface area contributed by atoms with Gasteiger partial charge < -0.3 is 0 Å². The molecule has 1 N–H and O–H groups in total. The second-order valence-electron chi connectivity index (χ2n) is 3.38. The van der Waals surface area contributed by atoms with Crippen molar-refractivity contribution in [2.24, 2.45) is 0 Å². The van der Waals surface area contributed by atoms with Crippen LogP contribution >= 0.6 is 23.2 Å². The number of hydrogen-bond acceptors (Lipinski definition) is 4. The fourth-order valence-electron chi connectivity index (χ4n) is 1.21. The molecule has 0 aliphatic carbocycles. The van der Waals surface area contributed by atoms with E-state index < -0.39 is 15.8 Å². The summed E-state index contributed by atoms with van der Waals surface area (Å²) in [5.74, 6) is -0.896. The highest BCUT2D eigenvalue weighted by Gasteiger charge is 2.17.